The van der Waals surface area contributed by atoms with E-state index in [-0.39, 0.29) is 21.5 Å². The van der Waals surface area contributed by atoms with Crippen LogP contribution in [-0.4, -0.2) is 32.8 Å². The van der Waals surface area contributed by atoms with Crippen molar-refractivity contribution in [2.24, 2.45) is 0 Å². The van der Waals surface area contributed by atoms with Gasteiger partial charge < -0.3 is 9.84 Å². The summed E-state index contributed by atoms with van der Waals surface area (Å²) in [6, 6.07) is 2.57. The van der Waals surface area contributed by atoms with Crippen LogP contribution in [0, 0.1) is 0 Å². The molecule has 19 heavy (non-hydrogen) atoms. The minimum atomic E-state index is -3.82. The van der Waals surface area contributed by atoms with E-state index in [1.165, 1.54) is 19.1 Å². The fourth-order valence-corrected chi connectivity index (χ4v) is 3.24. The second kappa shape index (κ2) is 6.76. The molecule has 1 rings (SSSR count). The zero-order valence-corrected chi connectivity index (χ0v) is 12.8. The Bertz CT molecular complexity index is 546. The number of benzene rings is 1. The van der Waals surface area contributed by atoms with E-state index in [2.05, 4.69) is 4.72 Å². The zero-order valence-electron chi connectivity index (χ0n) is 10.5. The molecule has 108 valence electrons. The topological polar surface area (TPSA) is 75.6 Å². The van der Waals surface area contributed by atoms with E-state index in [0.29, 0.717) is 12.4 Å². The maximum Gasteiger partial charge on any atom is 0.242 e. The van der Waals surface area contributed by atoms with E-state index in [4.69, 9.17) is 33.0 Å². The van der Waals surface area contributed by atoms with Crippen molar-refractivity contribution in [2.75, 3.05) is 13.2 Å². The Labute approximate surface area is 122 Å². The third kappa shape index (κ3) is 4.50. The lowest BCUT2D eigenvalue weighted by atomic mass is 10.3. The van der Waals surface area contributed by atoms with Crippen LogP contribution in [0.4, 0.5) is 0 Å². The fourth-order valence-electron chi connectivity index (χ4n) is 1.29. The molecule has 1 atom stereocenters. The highest BCUT2D eigenvalue weighted by molar-refractivity contribution is 7.89. The molecule has 0 saturated carbocycles. The van der Waals surface area contributed by atoms with Gasteiger partial charge in [0.15, 0.2) is 0 Å². The molecule has 5 nitrogen and oxygen atoms in total. The molecule has 0 spiro atoms. The van der Waals surface area contributed by atoms with E-state index in [1.54, 1.807) is 6.92 Å². The van der Waals surface area contributed by atoms with E-state index < -0.39 is 16.1 Å². The van der Waals surface area contributed by atoms with Crippen LogP contribution in [0.2, 0.25) is 10.0 Å². The molecule has 1 aromatic carbocycles. The predicted molar refractivity (Wildman–Crippen MR) is 74.5 cm³/mol. The van der Waals surface area contributed by atoms with Crippen LogP contribution in [0.25, 0.3) is 0 Å². The lowest BCUT2D eigenvalue weighted by Gasteiger charge is -2.12. The molecule has 0 amide bonds. The molecule has 0 bridgehead atoms. The standard InChI is InChI=1S/C11H15Cl2NO4S/c1-3-18-10-4-9(13)11(5-8(10)12)19(16,17)14-6-7(2)15/h4-5,7,14-15H,3,6H2,1-2H3. The highest BCUT2D eigenvalue weighted by Crippen LogP contribution is 2.33. The Morgan fingerprint density at radius 3 is 2.53 bits per heavy atom. The first-order chi connectivity index (χ1) is 8.77. The summed E-state index contributed by atoms with van der Waals surface area (Å²) in [7, 11) is -3.82. The SMILES string of the molecule is CCOc1cc(Cl)c(S(=O)(=O)NCC(C)O)cc1Cl. The number of aliphatic hydroxyl groups is 1. The Kier molecular flexibility index (Phi) is 5.88. The van der Waals surface area contributed by atoms with Crippen LogP contribution in [0.5, 0.6) is 5.75 Å². The molecular formula is C11H15Cl2NO4S. The maximum atomic E-state index is 12.0. The van der Waals surface area contributed by atoms with Gasteiger partial charge in [0.25, 0.3) is 0 Å². The monoisotopic (exact) mass is 327 g/mol. The number of rotatable bonds is 6. The van der Waals surface area contributed by atoms with Crippen molar-refractivity contribution in [1.29, 1.82) is 0 Å². The molecular weight excluding hydrogens is 313 g/mol. The van der Waals surface area contributed by atoms with Gasteiger partial charge in [-0.05, 0) is 19.9 Å². The van der Waals surface area contributed by atoms with Crippen molar-refractivity contribution in [1.82, 2.24) is 4.72 Å². The molecule has 0 aliphatic carbocycles. The molecule has 8 heteroatoms. The van der Waals surface area contributed by atoms with Gasteiger partial charge >= 0.3 is 0 Å². The quantitative estimate of drug-likeness (QED) is 0.838. The van der Waals surface area contributed by atoms with Crippen LogP contribution in [0.15, 0.2) is 17.0 Å². The first kappa shape index (κ1) is 16.5. The Morgan fingerprint density at radius 2 is 2.00 bits per heavy atom. The van der Waals surface area contributed by atoms with Crippen molar-refractivity contribution in [3.8, 4) is 5.75 Å². The van der Waals surface area contributed by atoms with Gasteiger partial charge in [-0.25, -0.2) is 13.1 Å². The van der Waals surface area contributed by atoms with Gasteiger partial charge in [-0.15, -0.1) is 0 Å². The summed E-state index contributed by atoms with van der Waals surface area (Å²) < 4.78 is 31.4. The largest absolute Gasteiger partial charge is 0.492 e. The van der Waals surface area contributed by atoms with Gasteiger partial charge in [0.2, 0.25) is 10.0 Å². The molecule has 0 saturated heterocycles. The number of hydrogen-bond acceptors (Lipinski definition) is 4. The third-order valence-corrected chi connectivity index (χ3v) is 4.33. The van der Waals surface area contributed by atoms with Crippen LogP contribution in [0.1, 0.15) is 13.8 Å². The summed E-state index contributed by atoms with van der Waals surface area (Å²) in [6.45, 7) is 3.53. The molecule has 2 N–H and O–H groups in total. The van der Waals surface area contributed by atoms with Crippen molar-refractivity contribution < 1.29 is 18.3 Å². The minimum Gasteiger partial charge on any atom is -0.492 e. The summed E-state index contributed by atoms with van der Waals surface area (Å²) in [5, 5.41) is 9.26. The van der Waals surface area contributed by atoms with Gasteiger partial charge in [-0.2, -0.15) is 0 Å². The highest BCUT2D eigenvalue weighted by atomic mass is 35.5. The number of ether oxygens (including phenoxy) is 1. The normalized spacial score (nSPS) is 13.3. The summed E-state index contributed by atoms with van der Waals surface area (Å²) in [5.74, 6) is 0.323. The van der Waals surface area contributed by atoms with E-state index in [9.17, 15) is 8.42 Å². The van der Waals surface area contributed by atoms with Crippen molar-refractivity contribution in [3.05, 3.63) is 22.2 Å². The summed E-state index contributed by atoms with van der Waals surface area (Å²) in [6.07, 6.45) is -0.799. The molecule has 0 heterocycles. The average Bonchev–Trinajstić information content (AvgIpc) is 2.31. The number of halogens is 2. The molecule has 1 unspecified atom stereocenters. The lowest BCUT2D eigenvalue weighted by Crippen LogP contribution is -2.30. The Balaban J connectivity index is 3.10. The first-order valence-corrected chi connectivity index (χ1v) is 7.81. The van der Waals surface area contributed by atoms with Crippen LogP contribution >= 0.6 is 23.2 Å². The van der Waals surface area contributed by atoms with Gasteiger partial charge in [0.05, 0.1) is 22.8 Å². The van der Waals surface area contributed by atoms with Gasteiger partial charge in [-0.1, -0.05) is 23.2 Å². The van der Waals surface area contributed by atoms with E-state index in [0.717, 1.165) is 0 Å². The first-order valence-electron chi connectivity index (χ1n) is 5.57. The number of nitrogens with one attached hydrogen (secondary N) is 1. The van der Waals surface area contributed by atoms with E-state index >= 15 is 0 Å². The number of sulfonamides is 1. The zero-order chi connectivity index (χ0) is 14.6. The van der Waals surface area contributed by atoms with Gasteiger partial charge in [0.1, 0.15) is 10.6 Å². The van der Waals surface area contributed by atoms with Crippen molar-refractivity contribution >= 4 is 33.2 Å². The van der Waals surface area contributed by atoms with Crippen LogP contribution in [-0.2, 0) is 10.0 Å². The average molecular weight is 328 g/mol. The molecule has 0 radical (unpaired) electrons. The second-order valence-corrected chi connectivity index (χ2v) is 6.40. The Hall–Kier alpha value is -0.530. The molecule has 0 aliphatic rings. The predicted octanol–water partition coefficient (Wildman–Crippen LogP) is 2.05. The number of hydrogen-bond donors (Lipinski definition) is 2. The Morgan fingerprint density at radius 1 is 1.37 bits per heavy atom. The third-order valence-electron chi connectivity index (χ3n) is 2.14. The smallest absolute Gasteiger partial charge is 0.242 e. The minimum absolute atomic E-state index is 0.00550. The summed E-state index contributed by atoms with van der Waals surface area (Å²) in [4.78, 5) is -0.150. The second-order valence-electron chi connectivity index (χ2n) is 3.85. The molecule has 1 aromatic rings. The van der Waals surface area contributed by atoms with Crippen molar-refractivity contribution in [2.45, 2.75) is 24.8 Å². The highest BCUT2D eigenvalue weighted by Gasteiger charge is 2.20. The van der Waals surface area contributed by atoms with Gasteiger partial charge in [-0.3, -0.25) is 0 Å². The fraction of sp³-hybridized carbons (Fsp3) is 0.455. The lowest BCUT2D eigenvalue weighted by molar-refractivity contribution is 0.198. The van der Waals surface area contributed by atoms with Gasteiger partial charge in [0, 0.05) is 12.6 Å². The molecule has 0 aliphatic heterocycles. The maximum absolute atomic E-state index is 12.0. The van der Waals surface area contributed by atoms with Crippen LogP contribution in [0.3, 0.4) is 0 Å². The summed E-state index contributed by atoms with van der Waals surface area (Å²) in [5.41, 5.74) is 0. The summed E-state index contributed by atoms with van der Waals surface area (Å²) >= 11 is 11.8. The van der Waals surface area contributed by atoms with Crippen LogP contribution < -0.4 is 9.46 Å². The molecule has 0 aromatic heterocycles. The number of aliphatic hydroxyl groups excluding tert-OH is 1. The van der Waals surface area contributed by atoms with Crippen molar-refractivity contribution in [3.63, 3.8) is 0 Å². The van der Waals surface area contributed by atoms with E-state index in [1.807, 2.05) is 0 Å². The molecule has 0 fully saturated rings.